The Morgan fingerprint density at radius 2 is 1.89 bits per heavy atom. The number of nitriles is 1. The Labute approximate surface area is 217 Å². The summed E-state index contributed by atoms with van der Waals surface area (Å²) in [5, 5.41) is 12.5. The number of nitrogens with zero attached hydrogens (tertiary/aromatic N) is 5. The van der Waals surface area contributed by atoms with E-state index in [-0.39, 0.29) is 12.4 Å². The van der Waals surface area contributed by atoms with Crippen molar-refractivity contribution >= 4 is 34.5 Å². The number of hydrogen-bond acceptors (Lipinski definition) is 7. The number of imidazole rings is 1. The van der Waals surface area contributed by atoms with Gasteiger partial charge in [0.1, 0.15) is 11.4 Å². The molecule has 4 aromatic rings. The van der Waals surface area contributed by atoms with E-state index in [0.717, 1.165) is 39.6 Å². The smallest absolute Gasteiger partial charge is 0.306 e. The van der Waals surface area contributed by atoms with Crippen LogP contribution in [0.15, 0.2) is 60.8 Å². The standard InChI is InChI=1S/C29H32N6O2/c1-29(2,3)37-26(36)16-12-21-11-15-24-27(23(21)19-32-25-8-6-7-17-31-25)33-28(35(24)5)34(4)22-13-9-20(18-30)10-14-22/h6-11,13-15,17H,12,16,19H2,1-5H3,(H,31,32). The summed E-state index contributed by atoms with van der Waals surface area (Å²) in [6.45, 7) is 6.13. The summed E-state index contributed by atoms with van der Waals surface area (Å²) in [6.07, 6.45) is 2.57. The lowest BCUT2D eigenvalue weighted by molar-refractivity contribution is -0.154. The number of carbonyl (C=O) groups excluding carboxylic acids is 1. The number of aromatic nitrogens is 3. The zero-order valence-corrected chi connectivity index (χ0v) is 21.9. The second kappa shape index (κ2) is 10.7. The minimum Gasteiger partial charge on any atom is -0.460 e. The van der Waals surface area contributed by atoms with Crippen LogP contribution in [0.4, 0.5) is 17.5 Å². The molecule has 8 heteroatoms. The highest BCUT2D eigenvalue weighted by Gasteiger charge is 2.20. The van der Waals surface area contributed by atoms with Gasteiger partial charge in [0.15, 0.2) is 0 Å². The number of anilines is 3. The molecule has 0 aliphatic rings. The van der Waals surface area contributed by atoms with Crippen LogP contribution in [0.5, 0.6) is 0 Å². The summed E-state index contributed by atoms with van der Waals surface area (Å²) in [7, 11) is 3.94. The van der Waals surface area contributed by atoms with Crippen LogP contribution in [0.25, 0.3) is 11.0 Å². The first-order valence-electron chi connectivity index (χ1n) is 12.2. The minimum atomic E-state index is -0.518. The van der Waals surface area contributed by atoms with Crippen LogP contribution < -0.4 is 10.2 Å². The van der Waals surface area contributed by atoms with Crippen LogP contribution in [0.1, 0.15) is 43.9 Å². The number of ether oxygens (including phenoxy) is 1. The predicted molar refractivity (Wildman–Crippen MR) is 146 cm³/mol. The zero-order chi connectivity index (χ0) is 26.6. The predicted octanol–water partition coefficient (Wildman–Crippen LogP) is 5.49. The van der Waals surface area contributed by atoms with E-state index < -0.39 is 5.60 Å². The Balaban J connectivity index is 1.70. The molecule has 0 saturated carbocycles. The Kier molecular flexibility index (Phi) is 7.44. The molecule has 0 radical (unpaired) electrons. The first kappa shape index (κ1) is 25.7. The number of aryl methyl sites for hydroxylation is 2. The molecule has 0 amide bonds. The van der Waals surface area contributed by atoms with Gasteiger partial charge in [-0.2, -0.15) is 5.26 Å². The fourth-order valence-corrected chi connectivity index (χ4v) is 4.23. The highest BCUT2D eigenvalue weighted by molar-refractivity contribution is 5.85. The number of nitrogens with one attached hydrogen (secondary N) is 1. The van der Waals surface area contributed by atoms with Crippen LogP contribution in [0.3, 0.4) is 0 Å². The molecule has 0 saturated heterocycles. The lowest BCUT2D eigenvalue weighted by Gasteiger charge is -2.19. The van der Waals surface area contributed by atoms with Crippen LogP contribution >= 0.6 is 0 Å². The van der Waals surface area contributed by atoms with Crippen LogP contribution in [0.2, 0.25) is 0 Å². The topological polar surface area (TPSA) is 96.1 Å². The van der Waals surface area contributed by atoms with Gasteiger partial charge < -0.3 is 19.5 Å². The molecule has 0 aliphatic heterocycles. The molecule has 0 bridgehead atoms. The first-order chi connectivity index (χ1) is 17.7. The molecule has 2 aromatic carbocycles. The summed E-state index contributed by atoms with van der Waals surface area (Å²) in [4.78, 5) is 23.9. The van der Waals surface area contributed by atoms with E-state index in [4.69, 9.17) is 15.0 Å². The average Bonchev–Trinajstić information content (AvgIpc) is 3.22. The normalized spacial score (nSPS) is 11.2. The lowest BCUT2D eigenvalue weighted by Crippen LogP contribution is -2.24. The van der Waals surface area contributed by atoms with E-state index in [1.165, 1.54) is 0 Å². The number of fused-ring (bicyclic) bond motifs is 1. The Morgan fingerprint density at radius 3 is 2.54 bits per heavy atom. The summed E-state index contributed by atoms with van der Waals surface area (Å²) in [5.74, 6) is 1.31. The van der Waals surface area contributed by atoms with E-state index in [0.29, 0.717) is 18.5 Å². The second-order valence-electron chi connectivity index (χ2n) is 9.91. The van der Waals surface area contributed by atoms with Crippen molar-refractivity contribution in [3.05, 3.63) is 77.5 Å². The molecule has 0 atom stereocenters. The third-order valence-electron chi connectivity index (χ3n) is 6.04. The third-order valence-corrected chi connectivity index (χ3v) is 6.04. The number of carbonyl (C=O) groups is 1. The maximum Gasteiger partial charge on any atom is 0.306 e. The number of esters is 1. The van der Waals surface area contributed by atoms with Crippen molar-refractivity contribution in [3.63, 3.8) is 0 Å². The summed E-state index contributed by atoms with van der Waals surface area (Å²) in [5.41, 5.74) is 4.91. The molecular weight excluding hydrogens is 464 g/mol. The van der Waals surface area contributed by atoms with Gasteiger partial charge in [-0.3, -0.25) is 4.79 Å². The van der Waals surface area contributed by atoms with Crippen molar-refractivity contribution in [3.8, 4) is 6.07 Å². The lowest BCUT2D eigenvalue weighted by atomic mass is 10.0. The highest BCUT2D eigenvalue weighted by atomic mass is 16.6. The minimum absolute atomic E-state index is 0.224. The highest BCUT2D eigenvalue weighted by Crippen LogP contribution is 2.31. The average molecular weight is 497 g/mol. The van der Waals surface area contributed by atoms with Crippen molar-refractivity contribution in [2.75, 3.05) is 17.3 Å². The van der Waals surface area contributed by atoms with Gasteiger partial charge in [0.2, 0.25) is 5.95 Å². The van der Waals surface area contributed by atoms with Crippen LogP contribution in [-0.4, -0.2) is 33.2 Å². The van der Waals surface area contributed by atoms with Gasteiger partial charge in [-0.05, 0) is 75.2 Å². The van der Waals surface area contributed by atoms with E-state index in [9.17, 15) is 4.79 Å². The van der Waals surface area contributed by atoms with Crippen molar-refractivity contribution in [2.45, 2.75) is 45.8 Å². The van der Waals surface area contributed by atoms with Crippen LogP contribution in [-0.2, 0) is 29.5 Å². The van der Waals surface area contributed by atoms with Gasteiger partial charge in [0.05, 0.1) is 22.7 Å². The number of hydrogen-bond donors (Lipinski definition) is 1. The van der Waals surface area contributed by atoms with E-state index in [1.807, 2.05) is 76.2 Å². The molecule has 190 valence electrons. The summed E-state index contributed by atoms with van der Waals surface area (Å²) >= 11 is 0. The van der Waals surface area contributed by atoms with Gasteiger partial charge >= 0.3 is 5.97 Å². The fourth-order valence-electron chi connectivity index (χ4n) is 4.23. The molecule has 2 aromatic heterocycles. The molecule has 8 nitrogen and oxygen atoms in total. The van der Waals surface area contributed by atoms with Gasteiger partial charge in [0.25, 0.3) is 0 Å². The largest absolute Gasteiger partial charge is 0.460 e. The SMILES string of the molecule is CN(c1ccc(C#N)cc1)c1nc2c(CNc3ccccn3)c(CCC(=O)OC(C)(C)C)ccc2n1C. The number of pyridine rings is 1. The fraction of sp³-hybridized carbons (Fsp3) is 0.310. The quantitative estimate of drug-likeness (QED) is 0.322. The molecule has 37 heavy (non-hydrogen) atoms. The van der Waals surface area contributed by atoms with E-state index in [1.54, 1.807) is 18.3 Å². The zero-order valence-electron chi connectivity index (χ0n) is 21.9. The van der Waals surface area contributed by atoms with Gasteiger partial charge in [-0.15, -0.1) is 0 Å². The van der Waals surface area contributed by atoms with Crippen molar-refractivity contribution in [2.24, 2.45) is 7.05 Å². The number of benzene rings is 2. The van der Waals surface area contributed by atoms with Crippen LogP contribution in [0, 0.1) is 11.3 Å². The Hall–Kier alpha value is -4.38. The van der Waals surface area contributed by atoms with E-state index in [2.05, 4.69) is 27.0 Å². The molecule has 1 N–H and O–H groups in total. The van der Waals surface area contributed by atoms with Crippen molar-refractivity contribution in [1.82, 2.24) is 14.5 Å². The molecule has 2 heterocycles. The molecule has 0 aliphatic carbocycles. The number of rotatable bonds is 8. The van der Waals surface area contributed by atoms with E-state index >= 15 is 0 Å². The first-order valence-corrected chi connectivity index (χ1v) is 12.2. The monoisotopic (exact) mass is 496 g/mol. The van der Waals surface area contributed by atoms with Gasteiger partial charge in [0, 0.05) is 44.5 Å². The van der Waals surface area contributed by atoms with Crippen molar-refractivity contribution in [1.29, 1.82) is 5.26 Å². The second-order valence-corrected chi connectivity index (χ2v) is 9.91. The van der Waals surface area contributed by atoms with Gasteiger partial charge in [-0.1, -0.05) is 12.1 Å². The van der Waals surface area contributed by atoms with Crippen molar-refractivity contribution < 1.29 is 9.53 Å². The maximum atomic E-state index is 12.4. The summed E-state index contributed by atoms with van der Waals surface area (Å²) < 4.78 is 7.58. The molecule has 4 rings (SSSR count). The Morgan fingerprint density at radius 1 is 1.14 bits per heavy atom. The summed E-state index contributed by atoms with van der Waals surface area (Å²) in [6, 6.07) is 19.4. The maximum absolute atomic E-state index is 12.4. The third kappa shape index (κ3) is 6.07. The molecule has 0 spiro atoms. The molecular formula is C29H32N6O2. The van der Waals surface area contributed by atoms with Gasteiger partial charge in [-0.25, -0.2) is 9.97 Å². The molecule has 0 unspecified atom stereocenters. The molecule has 0 fully saturated rings. The Bertz CT molecular complexity index is 1430.